The molecule has 0 bridgehead atoms. The van der Waals surface area contributed by atoms with Gasteiger partial charge in [-0.15, -0.1) is 6.58 Å². The highest BCUT2D eigenvalue weighted by atomic mass is 28.3. The summed E-state index contributed by atoms with van der Waals surface area (Å²) in [6, 6.07) is 0. The third-order valence-electron chi connectivity index (χ3n) is 5.05. The highest BCUT2D eigenvalue weighted by Crippen LogP contribution is 2.44. The molecule has 0 nitrogen and oxygen atoms in total. The van der Waals surface area contributed by atoms with Crippen LogP contribution in [0.4, 0.5) is 0 Å². The molecule has 0 saturated carbocycles. The Morgan fingerprint density at radius 1 is 1.28 bits per heavy atom. The molecular formula is C17H24Si. The first-order valence-corrected chi connectivity index (χ1v) is 9.40. The van der Waals surface area contributed by atoms with Crippen molar-refractivity contribution in [2.75, 3.05) is 0 Å². The Balaban J connectivity index is 2.51. The van der Waals surface area contributed by atoms with Crippen molar-refractivity contribution in [3.8, 4) is 0 Å². The first kappa shape index (κ1) is 13.4. The molecule has 2 atom stereocenters. The first-order valence-electron chi connectivity index (χ1n) is 6.82. The standard InChI is InChI=1S/C17H24Si/c1-7-18(6,16-10-8-9-11-16)17-14(4)12(2)13(3)15(17)5/h7-10,14H,1,11H2,2-6H3. The highest BCUT2D eigenvalue weighted by molar-refractivity contribution is 6.96. The van der Waals surface area contributed by atoms with E-state index in [1.54, 1.807) is 16.0 Å². The maximum absolute atomic E-state index is 4.18. The van der Waals surface area contributed by atoms with Gasteiger partial charge in [0.05, 0.1) is 0 Å². The molecule has 0 aliphatic heterocycles. The largest absolute Gasteiger partial charge is 0.130 e. The van der Waals surface area contributed by atoms with E-state index in [1.165, 1.54) is 11.1 Å². The average Bonchev–Trinajstić information content (AvgIpc) is 2.95. The zero-order valence-corrected chi connectivity index (χ0v) is 13.3. The molecule has 0 fully saturated rings. The molecule has 0 amide bonds. The molecule has 1 heteroatoms. The van der Waals surface area contributed by atoms with Crippen LogP contribution in [0.1, 0.15) is 34.1 Å². The topological polar surface area (TPSA) is 0 Å². The Hall–Kier alpha value is -1.08. The van der Waals surface area contributed by atoms with Crippen LogP contribution in [0, 0.1) is 5.92 Å². The minimum atomic E-state index is -1.67. The number of hydrogen-bond acceptors (Lipinski definition) is 0. The monoisotopic (exact) mass is 256 g/mol. The SMILES string of the molecule is C=C[Si](C)(C1=CC=CC1)C1=C(C)C(C)=C(C)C1C. The van der Waals surface area contributed by atoms with Crippen molar-refractivity contribution in [3.63, 3.8) is 0 Å². The lowest BCUT2D eigenvalue weighted by atomic mass is 10.1. The Morgan fingerprint density at radius 3 is 2.33 bits per heavy atom. The van der Waals surface area contributed by atoms with Gasteiger partial charge in [0.2, 0.25) is 0 Å². The van der Waals surface area contributed by atoms with E-state index in [-0.39, 0.29) is 0 Å². The van der Waals surface area contributed by atoms with Gasteiger partial charge in [-0.2, -0.15) is 0 Å². The van der Waals surface area contributed by atoms with Crippen molar-refractivity contribution in [2.24, 2.45) is 5.92 Å². The lowest BCUT2D eigenvalue weighted by Crippen LogP contribution is -2.36. The number of allylic oxidation sites excluding steroid dienone is 8. The van der Waals surface area contributed by atoms with Gasteiger partial charge in [-0.3, -0.25) is 0 Å². The van der Waals surface area contributed by atoms with E-state index in [0.29, 0.717) is 5.92 Å². The summed E-state index contributed by atoms with van der Waals surface area (Å²) in [4.78, 5) is 0. The molecule has 0 saturated heterocycles. The molecule has 0 heterocycles. The summed E-state index contributed by atoms with van der Waals surface area (Å²) >= 11 is 0. The van der Waals surface area contributed by atoms with Crippen LogP contribution in [0.3, 0.4) is 0 Å². The van der Waals surface area contributed by atoms with E-state index in [4.69, 9.17) is 0 Å². The second kappa shape index (κ2) is 4.54. The van der Waals surface area contributed by atoms with Gasteiger partial charge in [0, 0.05) is 0 Å². The van der Waals surface area contributed by atoms with Crippen LogP contribution >= 0.6 is 0 Å². The molecule has 18 heavy (non-hydrogen) atoms. The van der Waals surface area contributed by atoms with E-state index in [1.807, 2.05) is 0 Å². The predicted molar refractivity (Wildman–Crippen MR) is 83.9 cm³/mol. The fourth-order valence-corrected chi connectivity index (χ4v) is 7.34. The molecule has 0 radical (unpaired) electrons. The fraction of sp³-hybridized carbons (Fsp3) is 0.412. The minimum absolute atomic E-state index is 0.598. The zero-order valence-electron chi connectivity index (χ0n) is 12.3. The Kier molecular flexibility index (Phi) is 3.37. The van der Waals surface area contributed by atoms with Gasteiger partial charge < -0.3 is 0 Å². The molecule has 2 aliphatic rings. The summed E-state index contributed by atoms with van der Waals surface area (Å²) < 4.78 is 0. The molecule has 2 aliphatic carbocycles. The second-order valence-corrected chi connectivity index (χ2v) is 9.79. The summed E-state index contributed by atoms with van der Waals surface area (Å²) in [6.45, 7) is 15.9. The summed E-state index contributed by atoms with van der Waals surface area (Å²) in [5, 5.41) is 3.30. The molecule has 0 aromatic rings. The van der Waals surface area contributed by atoms with Crippen LogP contribution < -0.4 is 0 Å². The molecule has 96 valence electrons. The zero-order chi connectivity index (χ0) is 13.5. The summed E-state index contributed by atoms with van der Waals surface area (Å²) in [5.74, 6) is 0.598. The van der Waals surface area contributed by atoms with E-state index < -0.39 is 8.07 Å². The van der Waals surface area contributed by atoms with Crippen molar-refractivity contribution in [2.45, 2.75) is 40.7 Å². The van der Waals surface area contributed by atoms with Gasteiger partial charge in [-0.05, 0) is 38.7 Å². The average molecular weight is 256 g/mol. The molecule has 0 N–H and O–H groups in total. The van der Waals surface area contributed by atoms with Gasteiger partial charge in [-0.1, -0.05) is 58.9 Å². The van der Waals surface area contributed by atoms with Crippen molar-refractivity contribution in [1.29, 1.82) is 0 Å². The quantitative estimate of drug-likeness (QED) is 0.619. The maximum atomic E-state index is 4.18. The molecule has 2 unspecified atom stereocenters. The second-order valence-electron chi connectivity index (χ2n) is 5.80. The predicted octanol–water partition coefficient (Wildman–Crippen LogP) is 5.06. The Labute approximate surface area is 112 Å². The van der Waals surface area contributed by atoms with Crippen LogP contribution in [-0.2, 0) is 0 Å². The van der Waals surface area contributed by atoms with Crippen molar-refractivity contribution in [1.82, 2.24) is 0 Å². The van der Waals surface area contributed by atoms with Gasteiger partial charge in [-0.25, -0.2) is 0 Å². The van der Waals surface area contributed by atoms with Gasteiger partial charge in [0.1, 0.15) is 8.07 Å². The molecule has 0 aromatic carbocycles. The minimum Gasteiger partial charge on any atom is -0.106 e. The molecule has 0 spiro atoms. The summed E-state index contributed by atoms with van der Waals surface area (Å²) in [7, 11) is -1.67. The molecule has 2 rings (SSSR count). The van der Waals surface area contributed by atoms with Gasteiger partial charge >= 0.3 is 0 Å². The maximum Gasteiger partial charge on any atom is 0.130 e. The van der Waals surface area contributed by atoms with Crippen LogP contribution in [-0.4, -0.2) is 8.07 Å². The summed E-state index contributed by atoms with van der Waals surface area (Å²) in [5.41, 5.74) is 6.86. The van der Waals surface area contributed by atoms with E-state index in [2.05, 4.69) is 64.7 Å². The van der Waals surface area contributed by atoms with E-state index in [9.17, 15) is 0 Å². The fourth-order valence-electron chi connectivity index (χ4n) is 3.45. The van der Waals surface area contributed by atoms with Crippen molar-refractivity contribution in [3.05, 3.63) is 57.6 Å². The first-order chi connectivity index (χ1) is 8.43. The smallest absolute Gasteiger partial charge is 0.106 e. The van der Waals surface area contributed by atoms with Gasteiger partial charge in [0.25, 0.3) is 0 Å². The normalized spacial score (nSPS) is 26.7. The van der Waals surface area contributed by atoms with E-state index in [0.717, 1.165) is 6.42 Å². The molecular weight excluding hydrogens is 232 g/mol. The van der Waals surface area contributed by atoms with Crippen LogP contribution in [0.15, 0.2) is 57.6 Å². The Bertz CT molecular complexity index is 514. The number of hydrogen-bond donors (Lipinski definition) is 0. The van der Waals surface area contributed by atoms with Crippen molar-refractivity contribution < 1.29 is 0 Å². The van der Waals surface area contributed by atoms with Crippen LogP contribution in [0.2, 0.25) is 6.55 Å². The number of rotatable bonds is 3. The lowest BCUT2D eigenvalue weighted by Gasteiger charge is -2.32. The lowest BCUT2D eigenvalue weighted by molar-refractivity contribution is 0.849. The third-order valence-corrected chi connectivity index (χ3v) is 9.50. The van der Waals surface area contributed by atoms with Crippen molar-refractivity contribution >= 4 is 8.07 Å². The van der Waals surface area contributed by atoms with Gasteiger partial charge in [0.15, 0.2) is 0 Å². The van der Waals surface area contributed by atoms with E-state index >= 15 is 0 Å². The third kappa shape index (κ3) is 1.73. The van der Waals surface area contributed by atoms with Crippen LogP contribution in [0.25, 0.3) is 0 Å². The molecule has 0 aromatic heterocycles. The Morgan fingerprint density at radius 2 is 1.94 bits per heavy atom. The summed E-state index contributed by atoms with van der Waals surface area (Å²) in [6.07, 6.45) is 7.92. The van der Waals surface area contributed by atoms with Crippen LogP contribution in [0.5, 0.6) is 0 Å². The highest BCUT2D eigenvalue weighted by Gasteiger charge is 2.40.